The van der Waals surface area contributed by atoms with Crippen molar-refractivity contribution in [3.05, 3.63) is 16.3 Å². The fourth-order valence-electron chi connectivity index (χ4n) is 3.56. The third kappa shape index (κ3) is 4.73. The smallest absolute Gasteiger partial charge is 0.407 e. The topological polar surface area (TPSA) is 112 Å². The first-order valence-electron chi connectivity index (χ1n) is 9.68. The van der Waals surface area contributed by atoms with Crippen molar-refractivity contribution < 1.29 is 19.2 Å². The molecule has 1 aliphatic heterocycles. The first kappa shape index (κ1) is 20.4. The summed E-state index contributed by atoms with van der Waals surface area (Å²) in [7, 11) is 1.61. The number of anilines is 1. The van der Waals surface area contributed by atoms with Crippen molar-refractivity contribution in [3.8, 4) is 0 Å². The van der Waals surface area contributed by atoms with Crippen LogP contribution in [0.5, 0.6) is 0 Å². The molecule has 2 aliphatic rings. The van der Waals surface area contributed by atoms with E-state index in [2.05, 4.69) is 10.4 Å². The molecule has 0 radical (unpaired) electrons. The van der Waals surface area contributed by atoms with Crippen LogP contribution < -0.4 is 10.2 Å². The molecule has 10 nitrogen and oxygen atoms in total. The molecule has 2 fully saturated rings. The zero-order valence-electron chi connectivity index (χ0n) is 16.9. The van der Waals surface area contributed by atoms with Gasteiger partial charge < -0.3 is 19.7 Å². The molecule has 10 heteroatoms. The van der Waals surface area contributed by atoms with E-state index in [9.17, 15) is 14.9 Å². The Morgan fingerprint density at radius 2 is 1.96 bits per heavy atom. The van der Waals surface area contributed by atoms with Gasteiger partial charge in [0.25, 0.3) is 0 Å². The standard InChI is InChI=1S/C18H29N5O5/c1-18(2,3)28-17(24)20-13-7-9-21(10-8-15(13)27-4)16-14(23(25)26)11-19-22(16)12-5-6-12/h11-13,15H,5-10H2,1-4H3,(H,20,24)/t13-,15-/m1/s1. The number of nitrogens with one attached hydrogen (secondary N) is 1. The lowest BCUT2D eigenvalue weighted by Gasteiger charge is -2.26. The van der Waals surface area contributed by atoms with Gasteiger partial charge in [0.1, 0.15) is 11.8 Å². The highest BCUT2D eigenvalue weighted by atomic mass is 16.6. The highest BCUT2D eigenvalue weighted by molar-refractivity contribution is 5.68. The second-order valence-corrected chi connectivity index (χ2v) is 8.38. The Balaban J connectivity index is 1.75. The number of nitrogens with zero attached hydrogens (tertiary/aromatic N) is 4. The van der Waals surface area contributed by atoms with E-state index in [1.54, 1.807) is 11.8 Å². The minimum atomic E-state index is -0.583. The maximum atomic E-state index is 12.2. The fourth-order valence-corrected chi connectivity index (χ4v) is 3.56. The third-order valence-electron chi connectivity index (χ3n) is 4.99. The van der Waals surface area contributed by atoms with Crippen LogP contribution in [0, 0.1) is 10.1 Å². The molecule has 3 rings (SSSR count). The molecule has 28 heavy (non-hydrogen) atoms. The van der Waals surface area contributed by atoms with E-state index in [4.69, 9.17) is 9.47 Å². The summed E-state index contributed by atoms with van der Waals surface area (Å²) in [6, 6.07) is 0.00191. The lowest BCUT2D eigenvalue weighted by atomic mass is 10.1. The largest absolute Gasteiger partial charge is 0.444 e. The lowest BCUT2D eigenvalue weighted by molar-refractivity contribution is -0.384. The van der Waals surface area contributed by atoms with E-state index in [1.807, 2.05) is 25.7 Å². The zero-order valence-corrected chi connectivity index (χ0v) is 16.9. The second-order valence-electron chi connectivity index (χ2n) is 8.38. The summed E-state index contributed by atoms with van der Waals surface area (Å²) in [5.41, 5.74) is -0.555. The van der Waals surface area contributed by atoms with Gasteiger partial charge in [-0.05, 0) is 46.5 Å². The quantitative estimate of drug-likeness (QED) is 0.602. The molecule has 156 valence electrons. The Hall–Kier alpha value is -2.36. The Morgan fingerprint density at radius 3 is 2.54 bits per heavy atom. The molecular formula is C18H29N5O5. The first-order chi connectivity index (χ1) is 13.2. The normalized spacial score (nSPS) is 23.2. The van der Waals surface area contributed by atoms with E-state index in [-0.39, 0.29) is 28.8 Å². The van der Waals surface area contributed by atoms with Crippen molar-refractivity contribution in [1.82, 2.24) is 15.1 Å². The summed E-state index contributed by atoms with van der Waals surface area (Å²) in [4.78, 5) is 25.3. The number of carbonyl (C=O) groups is 1. The molecule has 1 aromatic heterocycles. The second kappa shape index (κ2) is 7.94. The Kier molecular flexibility index (Phi) is 5.78. The molecule has 0 unspecified atom stereocenters. The van der Waals surface area contributed by atoms with Crippen LogP contribution in [0.25, 0.3) is 0 Å². The summed E-state index contributed by atoms with van der Waals surface area (Å²) >= 11 is 0. The van der Waals surface area contributed by atoms with Crippen LogP contribution in [0.4, 0.5) is 16.3 Å². The molecular weight excluding hydrogens is 366 g/mol. The molecule has 1 N–H and O–H groups in total. The maximum Gasteiger partial charge on any atom is 0.407 e. The van der Waals surface area contributed by atoms with Gasteiger partial charge in [-0.25, -0.2) is 9.48 Å². The van der Waals surface area contributed by atoms with E-state index < -0.39 is 11.7 Å². The van der Waals surface area contributed by atoms with Gasteiger partial charge in [-0.2, -0.15) is 5.10 Å². The molecule has 0 aromatic carbocycles. The molecule has 1 saturated heterocycles. The number of ether oxygens (including phenoxy) is 2. The number of methoxy groups -OCH3 is 1. The zero-order chi connectivity index (χ0) is 20.5. The van der Waals surface area contributed by atoms with Crippen molar-refractivity contribution in [2.24, 2.45) is 0 Å². The number of hydrogen-bond acceptors (Lipinski definition) is 7. The van der Waals surface area contributed by atoms with Crippen molar-refractivity contribution in [3.63, 3.8) is 0 Å². The van der Waals surface area contributed by atoms with E-state index in [1.165, 1.54) is 6.20 Å². The van der Waals surface area contributed by atoms with Gasteiger partial charge in [-0.1, -0.05) is 0 Å². The molecule has 2 atom stereocenters. The average molecular weight is 395 g/mol. The number of rotatable bonds is 5. The predicted octanol–water partition coefficient (Wildman–Crippen LogP) is 2.63. The third-order valence-corrected chi connectivity index (χ3v) is 4.99. The first-order valence-corrected chi connectivity index (χ1v) is 9.68. The monoisotopic (exact) mass is 395 g/mol. The highest BCUT2D eigenvalue weighted by Crippen LogP contribution is 2.41. The summed E-state index contributed by atoms with van der Waals surface area (Å²) in [6.45, 7) is 6.58. The van der Waals surface area contributed by atoms with Gasteiger partial charge in [-0.15, -0.1) is 0 Å². The number of aromatic nitrogens is 2. The molecule has 0 spiro atoms. The predicted molar refractivity (Wildman–Crippen MR) is 103 cm³/mol. The van der Waals surface area contributed by atoms with Crippen LogP contribution in [0.3, 0.4) is 0 Å². The van der Waals surface area contributed by atoms with E-state index in [0.717, 1.165) is 12.8 Å². The maximum absolute atomic E-state index is 12.2. The van der Waals surface area contributed by atoms with Gasteiger partial charge in [0.2, 0.25) is 5.82 Å². The summed E-state index contributed by atoms with van der Waals surface area (Å²) in [5.74, 6) is 0.556. The highest BCUT2D eigenvalue weighted by Gasteiger charge is 2.37. The number of hydrogen-bond donors (Lipinski definition) is 1. The lowest BCUT2D eigenvalue weighted by Crippen LogP contribution is -2.46. The molecule has 1 amide bonds. The number of nitro groups is 1. The SMILES string of the molecule is CO[C@@H]1CCN(c2c([N+](=O)[O-])cnn2C2CC2)CC[C@H]1NC(=O)OC(C)(C)C. The van der Waals surface area contributed by atoms with Gasteiger partial charge >= 0.3 is 11.8 Å². The molecule has 0 bridgehead atoms. The average Bonchev–Trinajstić information content (AvgIpc) is 3.36. The number of alkyl carbamates (subject to hydrolysis) is 1. The van der Waals surface area contributed by atoms with Crippen LogP contribution >= 0.6 is 0 Å². The molecule has 1 aromatic rings. The Morgan fingerprint density at radius 1 is 1.29 bits per heavy atom. The van der Waals surface area contributed by atoms with Crippen molar-refractivity contribution >= 4 is 17.6 Å². The van der Waals surface area contributed by atoms with Crippen molar-refractivity contribution in [2.75, 3.05) is 25.1 Å². The minimum absolute atomic E-state index is 0.0272. The summed E-state index contributed by atoms with van der Waals surface area (Å²) in [6.07, 6.45) is 3.85. The fraction of sp³-hybridized carbons (Fsp3) is 0.778. The summed E-state index contributed by atoms with van der Waals surface area (Å²) < 4.78 is 12.7. The Bertz CT molecular complexity index is 724. The number of amides is 1. The van der Waals surface area contributed by atoms with Crippen LogP contribution in [-0.2, 0) is 9.47 Å². The van der Waals surface area contributed by atoms with E-state index in [0.29, 0.717) is 31.7 Å². The van der Waals surface area contributed by atoms with Gasteiger partial charge in [0.15, 0.2) is 0 Å². The number of carbonyl (C=O) groups excluding carboxylic acids is 1. The van der Waals surface area contributed by atoms with Gasteiger partial charge in [0, 0.05) is 20.2 Å². The van der Waals surface area contributed by atoms with Crippen LogP contribution in [0.15, 0.2) is 6.20 Å². The van der Waals surface area contributed by atoms with E-state index >= 15 is 0 Å². The van der Waals surface area contributed by atoms with Crippen molar-refractivity contribution in [1.29, 1.82) is 0 Å². The molecule has 2 heterocycles. The molecule has 1 aliphatic carbocycles. The van der Waals surface area contributed by atoms with Gasteiger partial charge in [-0.3, -0.25) is 10.1 Å². The van der Waals surface area contributed by atoms with Gasteiger partial charge in [0.05, 0.1) is 23.1 Å². The Labute approximate surface area is 164 Å². The minimum Gasteiger partial charge on any atom is -0.444 e. The van der Waals surface area contributed by atoms with Crippen LogP contribution in [-0.4, -0.2) is 58.7 Å². The van der Waals surface area contributed by atoms with Crippen molar-refractivity contribution in [2.45, 2.75) is 70.2 Å². The molecule has 1 saturated carbocycles. The van der Waals surface area contributed by atoms with Crippen LogP contribution in [0.2, 0.25) is 0 Å². The summed E-state index contributed by atoms with van der Waals surface area (Å²) in [5, 5.41) is 18.7. The van der Waals surface area contributed by atoms with Crippen LogP contribution in [0.1, 0.15) is 52.5 Å².